The van der Waals surface area contributed by atoms with Gasteiger partial charge < -0.3 is 10.1 Å². The van der Waals surface area contributed by atoms with Crippen LogP contribution in [-0.2, 0) is 6.54 Å². The molecule has 0 radical (unpaired) electrons. The zero-order valence-corrected chi connectivity index (χ0v) is 13.8. The molecule has 26 heavy (non-hydrogen) atoms. The number of benzene rings is 1. The number of hydrogen-bond acceptors (Lipinski definition) is 5. The molecule has 3 aromatic rings. The number of fused-ring (bicyclic) bond motifs is 1. The lowest BCUT2D eigenvalue weighted by Crippen LogP contribution is -2.26. The maximum Gasteiger partial charge on any atom is 0.573 e. The Morgan fingerprint density at radius 3 is 2.54 bits per heavy atom. The van der Waals surface area contributed by atoms with E-state index in [1.807, 2.05) is 0 Å². The Bertz CT molecular complexity index is 951. The number of carbonyl (C=O) groups excluding carboxylic acids is 1. The average Bonchev–Trinajstić information content (AvgIpc) is 2.94. The number of nitrogens with zero attached hydrogens (tertiary/aromatic N) is 4. The number of amides is 1. The van der Waals surface area contributed by atoms with Crippen molar-refractivity contribution >= 4 is 11.6 Å². The van der Waals surface area contributed by atoms with Crippen LogP contribution in [0.2, 0.25) is 0 Å². The van der Waals surface area contributed by atoms with Gasteiger partial charge in [0, 0.05) is 12.6 Å². The highest BCUT2D eigenvalue weighted by Gasteiger charge is 2.30. The summed E-state index contributed by atoms with van der Waals surface area (Å²) in [6, 6.07) is 6.96. The second kappa shape index (κ2) is 6.62. The number of halogens is 3. The molecule has 0 fully saturated rings. The third-order valence-corrected chi connectivity index (χ3v) is 3.55. The maximum absolute atomic E-state index is 12.3. The number of aryl methyl sites for hydroxylation is 2. The summed E-state index contributed by atoms with van der Waals surface area (Å²) < 4.78 is 41.7. The fourth-order valence-corrected chi connectivity index (χ4v) is 2.36. The van der Waals surface area contributed by atoms with Gasteiger partial charge in [0.25, 0.3) is 5.91 Å². The summed E-state index contributed by atoms with van der Waals surface area (Å²) in [7, 11) is 0. The molecule has 1 aromatic carbocycles. The quantitative estimate of drug-likeness (QED) is 0.769. The minimum absolute atomic E-state index is 0.114. The summed E-state index contributed by atoms with van der Waals surface area (Å²) in [6.07, 6.45) is -4.74. The van der Waals surface area contributed by atoms with Crippen LogP contribution in [0.4, 0.5) is 13.2 Å². The highest BCUT2D eigenvalue weighted by molar-refractivity contribution is 5.93. The summed E-state index contributed by atoms with van der Waals surface area (Å²) in [5.41, 5.74) is 2.56. The molecular formula is C16H14F3N5O2. The summed E-state index contributed by atoms with van der Waals surface area (Å²) >= 11 is 0. The Morgan fingerprint density at radius 1 is 1.19 bits per heavy atom. The van der Waals surface area contributed by atoms with Crippen molar-refractivity contribution < 1.29 is 22.7 Å². The van der Waals surface area contributed by atoms with Crippen LogP contribution in [0.5, 0.6) is 5.75 Å². The van der Waals surface area contributed by atoms with Gasteiger partial charge in [-0.15, -0.1) is 23.4 Å². The van der Waals surface area contributed by atoms with Crippen LogP contribution in [0.3, 0.4) is 0 Å². The molecule has 136 valence electrons. The Labute approximate surface area is 145 Å². The molecule has 10 heteroatoms. The lowest BCUT2D eigenvalue weighted by atomic mass is 10.2. The maximum atomic E-state index is 12.3. The molecule has 2 aromatic heterocycles. The SMILES string of the molecule is Cc1cc2nnc(C(=O)NCc3ccc(OC(F)(F)F)cc3)c(C)n2n1. The predicted octanol–water partition coefficient (Wildman–Crippen LogP) is 2.57. The van der Waals surface area contributed by atoms with Gasteiger partial charge in [-0.1, -0.05) is 12.1 Å². The Balaban J connectivity index is 1.68. The van der Waals surface area contributed by atoms with Crippen LogP contribution in [0.25, 0.3) is 5.65 Å². The van der Waals surface area contributed by atoms with Crippen LogP contribution in [0, 0.1) is 13.8 Å². The highest BCUT2D eigenvalue weighted by Crippen LogP contribution is 2.22. The molecule has 1 amide bonds. The first-order chi connectivity index (χ1) is 12.2. The van der Waals surface area contributed by atoms with Crippen LogP contribution in [0.15, 0.2) is 30.3 Å². The van der Waals surface area contributed by atoms with Crippen LogP contribution >= 0.6 is 0 Å². The van der Waals surface area contributed by atoms with E-state index < -0.39 is 12.3 Å². The fraction of sp³-hybridized carbons (Fsp3) is 0.250. The van der Waals surface area contributed by atoms with Gasteiger partial charge in [-0.2, -0.15) is 5.10 Å². The van der Waals surface area contributed by atoms with Crippen molar-refractivity contribution in [1.29, 1.82) is 0 Å². The number of carbonyl (C=O) groups is 1. The lowest BCUT2D eigenvalue weighted by molar-refractivity contribution is -0.274. The van der Waals surface area contributed by atoms with Crippen molar-refractivity contribution in [2.45, 2.75) is 26.8 Å². The van der Waals surface area contributed by atoms with Crippen molar-refractivity contribution in [2.24, 2.45) is 0 Å². The van der Waals surface area contributed by atoms with E-state index in [0.29, 0.717) is 16.9 Å². The average molecular weight is 365 g/mol. The molecule has 0 saturated heterocycles. The minimum atomic E-state index is -4.74. The largest absolute Gasteiger partial charge is 0.573 e. The Kier molecular flexibility index (Phi) is 4.49. The zero-order chi connectivity index (χ0) is 18.9. The highest BCUT2D eigenvalue weighted by atomic mass is 19.4. The molecule has 0 saturated carbocycles. The first-order valence-corrected chi connectivity index (χ1v) is 7.55. The van der Waals surface area contributed by atoms with Crippen molar-refractivity contribution in [1.82, 2.24) is 25.1 Å². The fourth-order valence-electron chi connectivity index (χ4n) is 2.36. The Morgan fingerprint density at radius 2 is 1.88 bits per heavy atom. The molecule has 0 aliphatic heterocycles. The molecule has 0 aliphatic rings. The zero-order valence-electron chi connectivity index (χ0n) is 13.8. The normalized spacial score (nSPS) is 11.6. The number of aromatic nitrogens is 4. The van der Waals surface area contributed by atoms with Gasteiger partial charge in [-0.3, -0.25) is 4.79 Å². The molecule has 7 nitrogen and oxygen atoms in total. The van der Waals surface area contributed by atoms with Crippen molar-refractivity contribution in [2.75, 3.05) is 0 Å². The van der Waals surface area contributed by atoms with Crippen LogP contribution < -0.4 is 10.1 Å². The summed E-state index contributed by atoms with van der Waals surface area (Å²) in [5, 5.41) is 14.8. The van der Waals surface area contributed by atoms with E-state index in [9.17, 15) is 18.0 Å². The molecule has 0 aliphatic carbocycles. The standard InChI is InChI=1S/C16H14F3N5O2/c1-9-7-13-21-22-14(10(2)24(13)23-9)15(25)20-8-11-3-5-12(6-4-11)26-16(17,18)19/h3-7H,8H2,1-2H3,(H,20,25). The molecule has 0 bridgehead atoms. The predicted molar refractivity (Wildman–Crippen MR) is 84.6 cm³/mol. The van der Waals surface area contributed by atoms with Crippen molar-refractivity contribution in [3.8, 4) is 5.75 Å². The summed E-state index contributed by atoms with van der Waals surface area (Å²) in [6.45, 7) is 3.62. The van der Waals surface area contributed by atoms with E-state index in [1.165, 1.54) is 28.8 Å². The molecule has 2 heterocycles. The molecule has 0 unspecified atom stereocenters. The molecule has 3 rings (SSSR count). The van der Waals surface area contributed by atoms with E-state index in [0.717, 1.165) is 5.69 Å². The number of ether oxygens (including phenoxy) is 1. The van der Waals surface area contributed by atoms with E-state index in [-0.39, 0.29) is 18.0 Å². The second-order valence-corrected chi connectivity index (χ2v) is 5.56. The summed E-state index contributed by atoms with van der Waals surface area (Å²) in [4.78, 5) is 12.3. The lowest BCUT2D eigenvalue weighted by Gasteiger charge is -2.10. The van der Waals surface area contributed by atoms with Crippen LogP contribution in [-0.4, -0.2) is 32.1 Å². The van der Waals surface area contributed by atoms with Gasteiger partial charge in [-0.25, -0.2) is 4.52 Å². The molecular weight excluding hydrogens is 351 g/mol. The summed E-state index contributed by atoms with van der Waals surface area (Å²) in [5.74, 6) is -0.783. The number of rotatable bonds is 4. The number of alkyl halides is 3. The number of hydrogen-bond donors (Lipinski definition) is 1. The first kappa shape index (κ1) is 17.6. The molecule has 1 N–H and O–H groups in total. The van der Waals surface area contributed by atoms with Gasteiger partial charge >= 0.3 is 6.36 Å². The van der Waals surface area contributed by atoms with Crippen molar-refractivity contribution in [3.63, 3.8) is 0 Å². The third-order valence-electron chi connectivity index (χ3n) is 3.55. The van der Waals surface area contributed by atoms with Crippen molar-refractivity contribution in [3.05, 3.63) is 53.0 Å². The molecule has 0 spiro atoms. The van der Waals surface area contributed by atoms with E-state index in [2.05, 4.69) is 25.3 Å². The van der Waals surface area contributed by atoms with Crippen LogP contribution in [0.1, 0.15) is 27.4 Å². The van der Waals surface area contributed by atoms with E-state index in [1.54, 1.807) is 19.9 Å². The minimum Gasteiger partial charge on any atom is -0.406 e. The van der Waals surface area contributed by atoms with Gasteiger partial charge in [0.2, 0.25) is 0 Å². The monoisotopic (exact) mass is 365 g/mol. The van der Waals surface area contributed by atoms with E-state index >= 15 is 0 Å². The first-order valence-electron chi connectivity index (χ1n) is 7.55. The van der Waals surface area contributed by atoms with Gasteiger partial charge in [-0.05, 0) is 31.5 Å². The second-order valence-electron chi connectivity index (χ2n) is 5.56. The van der Waals surface area contributed by atoms with Gasteiger partial charge in [0.1, 0.15) is 5.75 Å². The van der Waals surface area contributed by atoms with Gasteiger partial charge in [0.15, 0.2) is 11.3 Å². The Hall–Kier alpha value is -3.17. The van der Waals surface area contributed by atoms with Gasteiger partial charge in [0.05, 0.1) is 11.4 Å². The smallest absolute Gasteiger partial charge is 0.406 e. The topological polar surface area (TPSA) is 81.4 Å². The third kappa shape index (κ3) is 3.90. The number of nitrogens with one attached hydrogen (secondary N) is 1. The molecule has 0 atom stereocenters. The van der Waals surface area contributed by atoms with E-state index in [4.69, 9.17) is 0 Å².